The number of nitrogens with one attached hydrogen (secondary N) is 1. The normalized spacial score (nSPS) is 10.4. The molecule has 0 bridgehead atoms. The molecule has 0 fully saturated rings. The maximum Gasteiger partial charge on any atom is 0.137 e. The average Bonchev–Trinajstić information content (AvgIpc) is 2.33. The molecule has 2 rings (SSSR count). The third kappa shape index (κ3) is 3.16. The second kappa shape index (κ2) is 5.91. The summed E-state index contributed by atoms with van der Waals surface area (Å²) in [6, 6.07) is 10.2. The van der Waals surface area contributed by atoms with Crippen molar-refractivity contribution in [3.63, 3.8) is 0 Å². The van der Waals surface area contributed by atoms with Gasteiger partial charge < -0.3 is 5.32 Å². The largest absolute Gasteiger partial charge is 0.379 e. The van der Waals surface area contributed by atoms with E-state index in [-0.39, 0.29) is 5.82 Å². The molecule has 1 nitrogen and oxygen atoms in total. The molecule has 0 radical (unpaired) electrons. The molecule has 0 atom stereocenters. The summed E-state index contributed by atoms with van der Waals surface area (Å²) in [5.41, 5.74) is 1.47. The van der Waals surface area contributed by atoms with Gasteiger partial charge in [0.25, 0.3) is 0 Å². The molecule has 0 aromatic heterocycles. The van der Waals surface area contributed by atoms with Gasteiger partial charge in [-0.3, -0.25) is 0 Å². The second-order valence-corrected chi connectivity index (χ2v) is 5.37. The molecule has 0 saturated heterocycles. The highest BCUT2D eigenvalue weighted by molar-refractivity contribution is 9.10. The number of anilines is 1. The van der Waals surface area contributed by atoms with Gasteiger partial charge in [0, 0.05) is 6.54 Å². The molecular weight excluding hydrogens is 340 g/mol. The van der Waals surface area contributed by atoms with Crippen LogP contribution in [0.5, 0.6) is 0 Å². The van der Waals surface area contributed by atoms with Gasteiger partial charge >= 0.3 is 0 Å². The molecule has 94 valence electrons. The molecule has 18 heavy (non-hydrogen) atoms. The third-order valence-electron chi connectivity index (χ3n) is 2.42. The van der Waals surface area contributed by atoms with E-state index >= 15 is 0 Å². The molecule has 0 aliphatic heterocycles. The smallest absolute Gasteiger partial charge is 0.137 e. The first-order chi connectivity index (χ1) is 8.58. The van der Waals surface area contributed by atoms with E-state index in [1.165, 1.54) is 6.07 Å². The Labute approximate surface area is 123 Å². The Morgan fingerprint density at radius 1 is 1.11 bits per heavy atom. The summed E-state index contributed by atoms with van der Waals surface area (Å²) in [5.74, 6) is -0.292. The maximum atomic E-state index is 13.3. The number of hydrogen-bond donors (Lipinski definition) is 1. The van der Waals surface area contributed by atoms with Gasteiger partial charge in [-0.25, -0.2) is 4.39 Å². The lowest BCUT2D eigenvalue weighted by atomic mass is 10.2. The van der Waals surface area contributed by atoms with E-state index < -0.39 is 0 Å². The summed E-state index contributed by atoms with van der Waals surface area (Å²) in [4.78, 5) is 0. The van der Waals surface area contributed by atoms with Crippen LogP contribution in [0, 0.1) is 5.82 Å². The van der Waals surface area contributed by atoms with Crippen molar-refractivity contribution in [2.24, 2.45) is 0 Å². The Kier molecular flexibility index (Phi) is 4.49. The highest BCUT2D eigenvalue weighted by Crippen LogP contribution is 2.30. The predicted octanol–water partition coefficient (Wildman–Crippen LogP) is 5.51. The zero-order valence-electron chi connectivity index (χ0n) is 9.18. The molecule has 2 aromatic rings. The van der Waals surface area contributed by atoms with Crippen LogP contribution in [0.3, 0.4) is 0 Å². The van der Waals surface area contributed by atoms with Crippen LogP contribution in [-0.4, -0.2) is 0 Å². The monoisotopic (exact) mass is 347 g/mol. The average molecular weight is 349 g/mol. The molecule has 0 unspecified atom stereocenters. The van der Waals surface area contributed by atoms with Gasteiger partial charge in [0.1, 0.15) is 5.82 Å². The van der Waals surface area contributed by atoms with Gasteiger partial charge in [0.05, 0.1) is 20.2 Å². The van der Waals surface area contributed by atoms with Crippen LogP contribution in [0.25, 0.3) is 0 Å². The number of halogens is 4. The van der Waals surface area contributed by atoms with Crippen LogP contribution in [0.2, 0.25) is 10.0 Å². The lowest BCUT2D eigenvalue weighted by molar-refractivity contribution is 0.619. The van der Waals surface area contributed by atoms with Crippen LogP contribution in [0.15, 0.2) is 40.9 Å². The summed E-state index contributed by atoms with van der Waals surface area (Å²) >= 11 is 15.2. The predicted molar refractivity (Wildman–Crippen MR) is 77.9 cm³/mol. The van der Waals surface area contributed by atoms with Crippen molar-refractivity contribution in [1.82, 2.24) is 0 Å². The summed E-state index contributed by atoms with van der Waals surface area (Å²) in [6.07, 6.45) is 0. The third-order valence-corrected chi connectivity index (χ3v) is 3.69. The van der Waals surface area contributed by atoms with Crippen molar-refractivity contribution in [3.8, 4) is 0 Å². The Hall–Kier alpha value is -0.770. The Morgan fingerprint density at radius 3 is 2.39 bits per heavy atom. The van der Waals surface area contributed by atoms with Gasteiger partial charge in [-0.05, 0) is 45.8 Å². The molecule has 1 N–H and O–H groups in total. The van der Waals surface area contributed by atoms with E-state index in [9.17, 15) is 4.39 Å². The lowest BCUT2D eigenvalue weighted by Gasteiger charge is -2.10. The molecule has 5 heteroatoms. The molecule has 2 aromatic carbocycles. The summed E-state index contributed by atoms with van der Waals surface area (Å²) in [7, 11) is 0. The zero-order valence-corrected chi connectivity index (χ0v) is 12.3. The van der Waals surface area contributed by atoms with Crippen molar-refractivity contribution in [1.29, 1.82) is 0 Å². The van der Waals surface area contributed by atoms with E-state index in [1.807, 2.05) is 6.07 Å². The molecule has 0 amide bonds. The number of hydrogen-bond acceptors (Lipinski definition) is 1. The standard InChI is InChI=1S/C13H9BrCl2FN/c14-9-5-4-8(6-12(9)17)7-18-13-10(15)2-1-3-11(13)16/h1-6,18H,7H2. The highest BCUT2D eigenvalue weighted by atomic mass is 79.9. The first kappa shape index (κ1) is 13.7. The van der Waals surface area contributed by atoms with Crippen molar-refractivity contribution in [2.75, 3.05) is 5.32 Å². The van der Waals surface area contributed by atoms with E-state index in [2.05, 4.69) is 21.2 Å². The van der Waals surface area contributed by atoms with Crippen LogP contribution >= 0.6 is 39.1 Å². The van der Waals surface area contributed by atoms with Gasteiger partial charge in [-0.2, -0.15) is 0 Å². The van der Waals surface area contributed by atoms with Crippen molar-refractivity contribution >= 4 is 44.8 Å². The number of para-hydroxylation sites is 1. The number of benzene rings is 2. The van der Waals surface area contributed by atoms with Crippen molar-refractivity contribution in [3.05, 3.63) is 62.3 Å². The topological polar surface area (TPSA) is 12.0 Å². The quantitative estimate of drug-likeness (QED) is 0.771. The van der Waals surface area contributed by atoms with Gasteiger partial charge in [-0.1, -0.05) is 35.3 Å². The van der Waals surface area contributed by atoms with Crippen LogP contribution in [-0.2, 0) is 6.54 Å². The van der Waals surface area contributed by atoms with Gasteiger partial charge in [-0.15, -0.1) is 0 Å². The van der Waals surface area contributed by atoms with Crippen molar-refractivity contribution < 1.29 is 4.39 Å². The van der Waals surface area contributed by atoms with E-state index in [0.717, 1.165) is 5.56 Å². The highest BCUT2D eigenvalue weighted by Gasteiger charge is 2.05. The second-order valence-electron chi connectivity index (χ2n) is 3.70. The summed E-state index contributed by atoms with van der Waals surface area (Å²) < 4.78 is 13.8. The summed E-state index contributed by atoms with van der Waals surface area (Å²) in [5, 5.41) is 4.18. The fourth-order valence-electron chi connectivity index (χ4n) is 1.51. The summed E-state index contributed by atoms with van der Waals surface area (Å²) in [6.45, 7) is 0.452. The zero-order chi connectivity index (χ0) is 13.1. The lowest BCUT2D eigenvalue weighted by Crippen LogP contribution is -2.01. The van der Waals surface area contributed by atoms with Crippen LogP contribution in [0.1, 0.15) is 5.56 Å². The Morgan fingerprint density at radius 2 is 1.78 bits per heavy atom. The van der Waals surface area contributed by atoms with E-state index in [1.54, 1.807) is 24.3 Å². The van der Waals surface area contributed by atoms with Gasteiger partial charge in [0.15, 0.2) is 0 Å². The molecule has 0 aliphatic rings. The molecule has 0 aliphatic carbocycles. The Balaban J connectivity index is 2.14. The minimum absolute atomic E-state index is 0.292. The molecule has 0 saturated carbocycles. The van der Waals surface area contributed by atoms with Crippen LogP contribution < -0.4 is 5.32 Å². The van der Waals surface area contributed by atoms with Crippen LogP contribution in [0.4, 0.5) is 10.1 Å². The SMILES string of the molecule is Fc1cc(CNc2c(Cl)cccc2Cl)ccc1Br. The molecule has 0 heterocycles. The first-order valence-corrected chi connectivity index (χ1v) is 6.74. The van der Waals surface area contributed by atoms with Crippen molar-refractivity contribution in [2.45, 2.75) is 6.54 Å². The fourth-order valence-corrected chi connectivity index (χ4v) is 2.28. The minimum Gasteiger partial charge on any atom is -0.379 e. The van der Waals surface area contributed by atoms with Gasteiger partial charge in [0.2, 0.25) is 0 Å². The number of rotatable bonds is 3. The fraction of sp³-hybridized carbons (Fsp3) is 0.0769. The maximum absolute atomic E-state index is 13.3. The molecular formula is C13H9BrCl2FN. The molecule has 0 spiro atoms. The first-order valence-electron chi connectivity index (χ1n) is 5.20. The Bertz CT molecular complexity index is 555. The minimum atomic E-state index is -0.292. The van der Waals surface area contributed by atoms with E-state index in [4.69, 9.17) is 23.2 Å². The van der Waals surface area contributed by atoms with E-state index in [0.29, 0.717) is 26.8 Å².